The van der Waals surface area contributed by atoms with E-state index in [1.54, 1.807) is 0 Å². The van der Waals surface area contributed by atoms with E-state index in [1.807, 2.05) is 0 Å². The van der Waals surface area contributed by atoms with E-state index < -0.39 is 26.7 Å². The van der Waals surface area contributed by atoms with Crippen molar-refractivity contribution in [3.05, 3.63) is 29.8 Å². The van der Waals surface area contributed by atoms with Gasteiger partial charge in [-0.3, -0.25) is 4.79 Å². The van der Waals surface area contributed by atoms with Crippen molar-refractivity contribution in [1.29, 1.82) is 0 Å². The van der Waals surface area contributed by atoms with Crippen molar-refractivity contribution in [3.8, 4) is 0 Å². The second-order valence-corrected chi connectivity index (χ2v) is 10.5. The van der Waals surface area contributed by atoms with Crippen LogP contribution in [0, 0.1) is 5.92 Å². The van der Waals surface area contributed by atoms with Gasteiger partial charge in [-0.2, -0.15) is 17.5 Å². The number of piperidine rings is 2. The highest BCUT2D eigenvalue weighted by molar-refractivity contribution is 7.89. The minimum absolute atomic E-state index is 0.0262. The summed E-state index contributed by atoms with van der Waals surface area (Å²) < 4.78 is 66.6. The van der Waals surface area contributed by atoms with E-state index in [4.69, 9.17) is 0 Å². The van der Waals surface area contributed by atoms with Gasteiger partial charge in [0.1, 0.15) is 0 Å². The second kappa shape index (κ2) is 9.46. The Morgan fingerprint density at radius 2 is 1.61 bits per heavy atom. The summed E-state index contributed by atoms with van der Waals surface area (Å²) in [6.07, 6.45) is -2.40. The average molecular weight is 462 g/mol. The molecule has 0 saturated carbocycles. The van der Waals surface area contributed by atoms with Crippen LogP contribution in [0.1, 0.15) is 45.1 Å². The van der Waals surface area contributed by atoms with E-state index >= 15 is 0 Å². The van der Waals surface area contributed by atoms with Crippen molar-refractivity contribution in [2.24, 2.45) is 5.92 Å². The third-order valence-electron chi connectivity index (χ3n) is 6.24. The fourth-order valence-corrected chi connectivity index (χ4v) is 5.98. The van der Waals surface area contributed by atoms with Gasteiger partial charge in [-0.05, 0) is 51.7 Å². The Balaban J connectivity index is 1.58. The maximum atomic E-state index is 13.3. The van der Waals surface area contributed by atoms with Crippen molar-refractivity contribution < 1.29 is 26.4 Å². The zero-order valence-corrected chi connectivity index (χ0v) is 18.7. The summed E-state index contributed by atoms with van der Waals surface area (Å²) in [5.41, 5.74) is -1.16. The molecule has 0 radical (unpaired) electrons. The fourth-order valence-electron chi connectivity index (χ4n) is 4.30. The van der Waals surface area contributed by atoms with Crippen LogP contribution in [0.5, 0.6) is 0 Å². The molecule has 0 bridgehead atoms. The van der Waals surface area contributed by atoms with Crippen LogP contribution in [0.25, 0.3) is 0 Å². The number of alkyl halides is 3. The van der Waals surface area contributed by atoms with Crippen LogP contribution in [0.15, 0.2) is 29.2 Å². The van der Waals surface area contributed by atoms with Crippen LogP contribution in [0.2, 0.25) is 0 Å². The highest BCUT2D eigenvalue weighted by Crippen LogP contribution is 2.36. The molecular weight excluding hydrogens is 431 g/mol. The number of hydrogen-bond acceptors (Lipinski definition) is 4. The van der Waals surface area contributed by atoms with E-state index in [1.165, 1.54) is 12.1 Å². The average Bonchev–Trinajstić information content (AvgIpc) is 2.73. The number of sulfonamides is 1. The van der Waals surface area contributed by atoms with Crippen LogP contribution >= 0.6 is 0 Å². The highest BCUT2D eigenvalue weighted by Gasteiger charge is 2.40. The lowest BCUT2D eigenvalue weighted by molar-refractivity contribution is -0.139. The van der Waals surface area contributed by atoms with Gasteiger partial charge in [0.15, 0.2) is 0 Å². The Labute approximate surface area is 181 Å². The summed E-state index contributed by atoms with van der Waals surface area (Å²) in [5.74, 6) is -0.414. The van der Waals surface area contributed by atoms with Crippen LogP contribution in [0.3, 0.4) is 0 Å². The SMILES string of the molecule is CC(C)N1CCC(NC(=O)C2CCN(S(=O)(=O)c3ccccc3C(F)(F)F)CC2)CC1. The van der Waals surface area contributed by atoms with Crippen molar-refractivity contribution >= 4 is 15.9 Å². The Kier molecular flexibility index (Phi) is 7.32. The standard InChI is InChI=1S/C21H30F3N3O3S/c1-15(2)26-11-9-17(10-12-26)25-20(28)16-7-13-27(14-8-16)31(29,30)19-6-4-3-5-18(19)21(22,23)24/h3-6,15-17H,7-14H2,1-2H3,(H,25,28). The molecule has 2 saturated heterocycles. The van der Waals surface area contributed by atoms with Crippen LogP contribution < -0.4 is 5.32 Å². The summed E-state index contributed by atoms with van der Waals surface area (Å²) in [5, 5.41) is 3.08. The number of likely N-dealkylation sites (tertiary alicyclic amines) is 1. The minimum atomic E-state index is -4.76. The molecule has 0 atom stereocenters. The molecule has 1 aromatic carbocycles. The van der Waals surface area contributed by atoms with Crippen molar-refractivity contribution in [1.82, 2.24) is 14.5 Å². The number of nitrogens with one attached hydrogen (secondary N) is 1. The van der Waals surface area contributed by atoms with Gasteiger partial charge in [0, 0.05) is 44.2 Å². The van der Waals surface area contributed by atoms with E-state index in [0.717, 1.165) is 42.4 Å². The van der Waals surface area contributed by atoms with Gasteiger partial charge in [-0.15, -0.1) is 0 Å². The number of halogens is 3. The van der Waals surface area contributed by atoms with E-state index in [9.17, 15) is 26.4 Å². The molecule has 2 aliphatic rings. The monoisotopic (exact) mass is 461 g/mol. The van der Waals surface area contributed by atoms with E-state index in [0.29, 0.717) is 18.9 Å². The summed E-state index contributed by atoms with van der Waals surface area (Å²) in [7, 11) is -4.29. The number of carbonyl (C=O) groups excluding carboxylic acids is 1. The Morgan fingerprint density at radius 1 is 1.03 bits per heavy atom. The third-order valence-corrected chi connectivity index (χ3v) is 8.20. The quantitative estimate of drug-likeness (QED) is 0.732. The molecule has 3 rings (SSSR count). The highest BCUT2D eigenvalue weighted by atomic mass is 32.2. The molecule has 0 aliphatic carbocycles. The molecule has 0 spiro atoms. The molecule has 1 N–H and O–H groups in total. The normalized spacial score (nSPS) is 20.8. The maximum absolute atomic E-state index is 13.3. The number of amides is 1. The van der Waals surface area contributed by atoms with E-state index in [2.05, 4.69) is 24.1 Å². The van der Waals surface area contributed by atoms with Gasteiger partial charge >= 0.3 is 6.18 Å². The second-order valence-electron chi connectivity index (χ2n) is 8.58. The Bertz CT molecular complexity index is 873. The van der Waals surface area contributed by atoms with Gasteiger partial charge in [0.2, 0.25) is 15.9 Å². The smallest absolute Gasteiger partial charge is 0.353 e. The third kappa shape index (κ3) is 5.59. The molecular formula is C21H30F3N3O3S. The molecule has 10 heteroatoms. The zero-order valence-electron chi connectivity index (χ0n) is 17.9. The first-order chi connectivity index (χ1) is 14.5. The number of hydrogen-bond donors (Lipinski definition) is 1. The molecule has 174 valence electrons. The first kappa shape index (κ1) is 24.0. The first-order valence-corrected chi connectivity index (χ1v) is 12.1. The predicted octanol–water partition coefficient (Wildman–Crippen LogP) is 3.10. The molecule has 2 fully saturated rings. The zero-order chi connectivity index (χ0) is 22.8. The molecule has 2 aliphatic heterocycles. The Hall–Kier alpha value is -1.65. The van der Waals surface area contributed by atoms with Gasteiger partial charge in [0.05, 0.1) is 10.5 Å². The number of nitrogens with zero attached hydrogens (tertiary/aromatic N) is 2. The summed E-state index contributed by atoms with van der Waals surface area (Å²) in [4.78, 5) is 14.3. The lowest BCUT2D eigenvalue weighted by Crippen LogP contribution is -2.49. The molecule has 1 aromatic rings. The van der Waals surface area contributed by atoms with Crippen molar-refractivity contribution in [3.63, 3.8) is 0 Å². The first-order valence-electron chi connectivity index (χ1n) is 10.7. The van der Waals surface area contributed by atoms with Gasteiger partial charge in [-0.25, -0.2) is 8.42 Å². The van der Waals surface area contributed by atoms with Crippen LogP contribution in [0.4, 0.5) is 13.2 Å². The lowest BCUT2D eigenvalue weighted by Gasteiger charge is -2.36. The Morgan fingerprint density at radius 3 is 2.16 bits per heavy atom. The van der Waals surface area contributed by atoms with Crippen LogP contribution in [-0.4, -0.2) is 61.8 Å². The fraction of sp³-hybridized carbons (Fsp3) is 0.667. The summed E-state index contributed by atoms with van der Waals surface area (Å²) in [6.45, 7) is 6.20. The molecule has 6 nitrogen and oxygen atoms in total. The largest absolute Gasteiger partial charge is 0.417 e. The van der Waals surface area contributed by atoms with Crippen molar-refractivity contribution in [2.45, 2.75) is 62.7 Å². The number of benzene rings is 1. The van der Waals surface area contributed by atoms with Gasteiger partial charge in [0.25, 0.3) is 0 Å². The number of carbonyl (C=O) groups is 1. The molecule has 1 amide bonds. The molecule has 0 unspecified atom stereocenters. The minimum Gasteiger partial charge on any atom is -0.353 e. The van der Waals surface area contributed by atoms with E-state index in [-0.39, 0.29) is 31.0 Å². The van der Waals surface area contributed by atoms with Crippen molar-refractivity contribution in [2.75, 3.05) is 26.2 Å². The molecule has 31 heavy (non-hydrogen) atoms. The lowest BCUT2D eigenvalue weighted by atomic mass is 9.95. The summed E-state index contributed by atoms with van der Waals surface area (Å²) in [6, 6.07) is 4.81. The maximum Gasteiger partial charge on any atom is 0.417 e. The molecule has 2 heterocycles. The topological polar surface area (TPSA) is 69.7 Å². The number of rotatable bonds is 5. The van der Waals surface area contributed by atoms with Gasteiger partial charge < -0.3 is 10.2 Å². The van der Waals surface area contributed by atoms with Gasteiger partial charge in [-0.1, -0.05) is 12.1 Å². The predicted molar refractivity (Wildman–Crippen MR) is 111 cm³/mol. The molecule has 0 aromatic heterocycles. The van der Waals surface area contributed by atoms with Crippen LogP contribution in [-0.2, 0) is 21.0 Å². The summed E-state index contributed by atoms with van der Waals surface area (Å²) >= 11 is 0.